The Morgan fingerprint density at radius 2 is 1.68 bits per heavy atom. The topological polar surface area (TPSA) is 54.3 Å². The Kier molecular flexibility index (Phi) is 6.99. The van der Waals surface area contributed by atoms with E-state index in [1.54, 1.807) is 14.2 Å². The van der Waals surface area contributed by atoms with Crippen LogP contribution in [0.1, 0.15) is 16.7 Å². The lowest BCUT2D eigenvalue weighted by Crippen LogP contribution is -2.06. The highest BCUT2D eigenvalue weighted by atomic mass is 16.5. The Balaban J connectivity index is 2.01. The maximum absolute atomic E-state index is 7.65. The monoisotopic (exact) mass is 336 g/mol. The van der Waals surface area contributed by atoms with Gasteiger partial charge < -0.3 is 20.2 Å². The maximum Gasteiger partial charge on any atom is 0.118 e. The zero-order valence-electron chi connectivity index (χ0n) is 14.7. The fraction of sp³-hybridized carbons (Fsp3) is 0.190. The zero-order valence-corrected chi connectivity index (χ0v) is 14.7. The first-order valence-corrected chi connectivity index (χ1v) is 8.02. The van der Waals surface area contributed by atoms with Crippen LogP contribution in [0.15, 0.2) is 61.3 Å². The zero-order chi connectivity index (χ0) is 18.1. The second kappa shape index (κ2) is 9.45. The Labute approximate surface area is 149 Å². The second-order valence-corrected chi connectivity index (χ2v) is 5.59. The van der Waals surface area contributed by atoms with Gasteiger partial charge in [-0.15, -0.1) is 0 Å². The molecular formula is C21H24N2O2. The first kappa shape index (κ1) is 18.5. The summed E-state index contributed by atoms with van der Waals surface area (Å²) in [6.07, 6.45) is 3.20. The number of allylic oxidation sites excluding steroid dienone is 1. The molecule has 0 saturated heterocycles. The summed E-state index contributed by atoms with van der Waals surface area (Å²) in [6.45, 7) is 5.19. The lowest BCUT2D eigenvalue weighted by molar-refractivity contribution is 0.240. The predicted molar refractivity (Wildman–Crippen MR) is 104 cm³/mol. The van der Waals surface area contributed by atoms with Crippen molar-refractivity contribution in [2.45, 2.75) is 6.54 Å². The van der Waals surface area contributed by atoms with Crippen LogP contribution in [0.3, 0.4) is 0 Å². The van der Waals surface area contributed by atoms with Gasteiger partial charge in [-0.1, -0.05) is 43.0 Å². The largest absolute Gasteiger partial charge is 0.497 e. The van der Waals surface area contributed by atoms with Gasteiger partial charge in [0.15, 0.2) is 0 Å². The fourth-order valence-electron chi connectivity index (χ4n) is 2.39. The van der Waals surface area contributed by atoms with Gasteiger partial charge in [-0.25, -0.2) is 0 Å². The highest BCUT2D eigenvalue weighted by Gasteiger charge is 2.02. The van der Waals surface area contributed by atoms with Crippen molar-refractivity contribution >= 4 is 17.4 Å². The summed E-state index contributed by atoms with van der Waals surface area (Å²) in [5.41, 5.74) is 4.92. The van der Waals surface area contributed by atoms with Crippen LogP contribution in [0.4, 0.5) is 0 Å². The summed E-state index contributed by atoms with van der Waals surface area (Å²) >= 11 is 0. The molecule has 0 aliphatic heterocycles. The standard InChI is InChI=1S/C21H24N2O2/c1-16(15-24-2)18-6-8-19(9-7-18)20(12-22)14-23-13-17-4-10-21(25-3)11-5-17/h4-12,14,22-23H,1,13,15H2,2-3H3/b20-14+,22-12?. The molecule has 0 aliphatic rings. The van der Waals surface area contributed by atoms with Crippen LogP contribution in [0.25, 0.3) is 11.1 Å². The average Bonchev–Trinajstić information content (AvgIpc) is 2.66. The van der Waals surface area contributed by atoms with Crippen molar-refractivity contribution in [1.29, 1.82) is 5.41 Å². The van der Waals surface area contributed by atoms with Gasteiger partial charge in [0.05, 0.1) is 13.7 Å². The Bertz CT molecular complexity index is 731. The number of hydrogen-bond acceptors (Lipinski definition) is 4. The molecule has 130 valence electrons. The molecule has 0 aromatic heterocycles. The molecule has 0 radical (unpaired) electrons. The van der Waals surface area contributed by atoms with E-state index in [2.05, 4.69) is 11.9 Å². The lowest BCUT2D eigenvalue weighted by atomic mass is 10.0. The summed E-state index contributed by atoms with van der Waals surface area (Å²) in [6, 6.07) is 15.9. The van der Waals surface area contributed by atoms with Gasteiger partial charge in [0.2, 0.25) is 0 Å². The van der Waals surface area contributed by atoms with Crippen LogP contribution in [-0.2, 0) is 11.3 Å². The molecule has 0 aliphatic carbocycles. The predicted octanol–water partition coefficient (Wildman–Crippen LogP) is 4.14. The summed E-state index contributed by atoms with van der Waals surface area (Å²) in [5, 5.41) is 10.9. The van der Waals surface area contributed by atoms with E-state index in [0.717, 1.165) is 33.6 Å². The van der Waals surface area contributed by atoms with E-state index in [9.17, 15) is 0 Å². The summed E-state index contributed by atoms with van der Waals surface area (Å²) in [5.74, 6) is 0.842. The quantitative estimate of drug-likeness (QED) is 0.677. The highest BCUT2D eigenvalue weighted by molar-refractivity contribution is 6.08. The van der Waals surface area contributed by atoms with Gasteiger partial charge in [0.1, 0.15) is 5.75 Å². The van der Waals surface area contributed by atoms with E-state index in [4.69, 9.17) is 14.9 Å². The molecule has 0 atom stereocenters. The minimum atomic E-state index is 0.510. The molecule has 0 spiro atoms. The molecule has 0 amide bonds. The number of benzene rings is 2. The normalized spacial score (nSPS) is 11.0. The summed E-state index contributed by atoms with van der Waals surface area (Å²) in [7, 11) is 3.31. The van der Waals surface area contributed by atoms with Crippen molar-refractivity contribution in [2.75, 3.05) is 20.8 Å². The molecule has 0 unspecified atom stereocenters. The SMILES string of the molecule is C=C(COC)c1ccc(/C(C=N)=C/NCc2ccc(OC)cc2)cc1. The van der Waals surface area contributed by atoms with E-state index in [0.29, 0.717) is 13.2 Å². The Hall–Kier alpha value is -2.85. The van der Waals surface area contributed by atoms with Gasteiger partial charge in [-0.3, -0.25) is 0 Å². The van der Waals surface area contributed by atoms with Gasteiger partial charge in [0, 0.05) is 31.6 Å². The van der Waals surface area contributed by atoms with Crippen molar-refractivity contribution in [3.63, 3.8) is 0 Å². The lowest BCUT2D eigenvalue weighted by Gasteiger charge is -2.08. The van der Waals surface area contributed by atoms with Gasteiger partial charge >= 0.3 is 0 Å². The molecule has 0 saturated carbocycles. The third-order valence-corrected chi connectivity index (χ3v) is 3.82. The number of rotatable bonds is 9. The molecular weight excluding hydrogens is 312 g/mol. The Morgan fingerprint density at radius 3 is 2.24 bits per heavy atom. The van der Waals surface area contributed by atoms with E-state index in [-0.39, 0.29) is 0 Å². The van der Waals surface area contributed by atoms with Crippen molar-refractivity contribution in [3.8, 4) is 5.75 Å². The molecule has 2 rings (SSSR count). The van der Waals surface area contributed by atoms with Crippen LogP contribution < -0.4 is 10.1 Å². The van der Waals surface area contributed by atoms with Crippen molar-refractivity contribution in [1.82, 2.24) is 5.32 Å². The van der Waals surface area contributed by atoms with Crippen molar-refractivity contribution in [2.24, 2.45) is 0 Å². The van der Waals surface area contributed by atoms with Gasteiger partial charge in [0.25, 0.3) is 0 Å². The molecule has 4 nitrogen and oxygen atoms in total. The molecule has 2 N–H and O–H groups in total. The molecule has 0 fully saturated rings. The van der Waals surface area contributed by atoms with Crippen molar-refractivity contribution < 1.29 is 9.47 Å². The maximum atomic E-state index is 7.65. The minimum absolute atomic E-state index is 0.510. The summed E-state index contributed by atoms with van der Waals surface area (Å²) < 4.78 is 10.3. The molecule has 0 bridgehead atoms. The average molecular weight is 336 g/mol. The van der Waals surface area contributed by atoms with Crippen LogP contribution in [0.5, 0.6) is 5.75 Å². The molecule has 4 heteroatoms. The Morgan fingerprint density at radius 1 is 1.04 bits per heavy atom. The first-order chi connectivity index (χ1) is 12.2. The van der Waals surface area contributed by atoms with Crippen molar-refractivity contribution in [3.05, 3.63) is 78.0 Å². The fourth-order valence-corrected chi connectivity index (χ4v) is 2.39. The number of hydrogen-bond donors (Lipinski definition) is 2. The second-order valence-electron chi connectivity index (χ2n) is 5.59. The first-order valence-electron chi connectivity index (χ1n) is 8.02. The molecule has 25 heavy (non-hydrogen) atoms. The summed E-state index contributed by atoms with van der Waals surface area (Å²) in [4.78, 5) is 0. The van der Waals surface area contributed by atoms with Gasteiger partial charge in [-0.2, -0.15) is 0 Å². The molecule has 2 aromatic rings. The number of ether oxygens (including phenoxy) is 2. The number of methoxy groups -OCH3 is 2. The van der Waals surface area contributed by atoms with E-state index in [1.807, 2.05) is 54.7 Å². The van der Waals surface area contributed by atoms with E-state index >= 15 is 0 Å². The highest BCUT2D eigenvalue weighted by Crippen LogP contribution is 2.18. The number of nitrogens with one attached hydrogen (secondary N) is 2. The van der Waals surface area contributed by atoms with Gasteiger partial charge in [-0.05, 0) is 34.4 Å². The molecule has 2 aromatic carbocycles. The smallest absolute Gasteiger partial charge is 0.118 e. The van der Waals surface area contributed by atoms with Crippen LogP contribution >= 0.6 is 0 Å². The molecule has 0 heterocycles. The van der Waals surface area contributed by atoms with E-state index in [1.165, 1.54) is 6.21 Å². The third-order valence-electron chi connectivity index (χ3n) is 3.82. The van der Waals surface area contributed by atoms with Crippen LogP contribution in [-0.4, -0.2) is 27.0 Å². The van der Waals surface area contributed by atoms with Crippen LogP contribution in [0.2, 0.25) is 0 Å². The third kappa shape index (κ3) is 5.33. The van der Waals surface area contributed by atoms with Crippen LogP contribution in [0, 0.1) is 5.41 Å². The minimum Gasteiger partial charge on any atom is -0.497 e. The van der Waals surface area contributed by atoms with E-state index < -0.39 is 0 Å².